The largest absolute Gasteiger partial charge is 0.480 e. The van der Waals surface area contributed by atoms with E-state index < -0.39 is 17.9 Å². The van der Waals surface area contributed by atoms with Crippen molar-refractivity contribution in [2.75, 3.05) is 91.6 Å². The van der Waals surface area contributed by atoms with Crippen molar-refractivity contribution in [1.29, 1.82) is 0 Å². The third-order valence-electron chi connectivity index (χ3n) is 6.63. The first-order chi connectivity index (χ1) is 19.1. The summed E-state index contributed by atoms with van der Waals surface area (Å²) in [5, 5.41) is 33.7. The van der Waals surface area contributed by atoms with Crippen molar-refractivity contribution >= 4 is 29.7 Å². The Balaban J connectivity index is 2.64. The minimum Gasteiger partial charge on any atom is -0.480 e. The van der Waals surface area contributed by atoms with E-state index in [1.807, 2.05) is 4.90 Å². The predicted octanol–water partition coefficient (Wildman–Crippen LogP) is -0.945. The zero-order valence-electron chi connectivity index (χ0n) is 23.8. The molecule has 1 heterocycles. The summed E-state index contributed by atoms with van der Waals surface area (Å²) in [6.45, 7) is 5.53. The van der Waals surface area contributed by atoms with Crippen molar-refractivity contribution in [3.63, 3.8) is 0 Å². The molecular weight excluding hydrogens is 524 g/mol. The minimum absolute atomic E-state index is 0.0521. The maximum Gasteiger partial charge on any atom is 0.317 e. The van der Waals surface area contributed by atoms with Crippen LogP contribution in [0.2, 0.25) is 0 Å². The normalized spacial score (nSPS) is 16.9. The molecule has 0 aromatic heterocycles. The molecule has 0 radical (unpaired) electrons. The highest BCUT2D eigenvalue weighted by Crippen LogP contribution is 2.02. The Bertz CT molecular complexity index is 767. The van der Waals surface area contributed by atoms with E-state index in [4.69, 9.17) is 0 Å². The number of hydrogen-bond acceptors (Lipinski definition) is 9. The smallest absolute Gasteiger partial charge is 0.317 e. The van der Waals surface area contributed by atoms with Gasteiger partial charge in [0, 0.05) is 71.9 Å². The molecule has 0 unspecified atom stereocenters. The summed E-state index contributed by atoms with van der Waals surface area (Å²) in [6.07, 6.45) is 4.79. The van der Waals surface area contributed by atoms with E-state index in [0.29, 0.717) is 71.9 Å². The number of carboxylic acids is 3. The molecule has 5 N–H and O–H groups in total. The van der Waals surface area contributed by atoms with Gasteiger partial charge in [0.05, 0.1) is 26.2 Å². The van der Waals surface area contributed by atoms with Crippen molar-refractivity contribution in [1.82, 2.24) is 30.2 Å². The molecule has 0 saturated carbocycles. The molecule has 40 heavy (non-hydrogen) atoms. The molecule has 1 aliphatic rings. The van der Waals surface area contributed by atoms with Gasteiger partial charge < -0.3 is 26.0 Å². The van der Waals surface area contributed by atoms with Gasteiger partial charge in [-0.2, -0.15) is 0 Å². The predicted molar refractivity (Wildman–Crippen MR) is 148 cm³/mol. The quantitative estimate of drug-likeness (QED) is 0.135. The van der Waals surface area contributed by atoms with Crippen LogP contribution in [0.15, 0.2) is 0 Å². The number of unbranched alkanes of at least 4 members (excludes halogenated alkanes) is 3. The van der Waals surface area contributed by atoms with E-state index >= 15 is 0 Å². The third kappa shape index (κ3) is 18.5. The summed E-state index contributed by atoms with van der Waals surface area (Å²) in [4.78, 5) is 65.5. The average Bonchev–Trinajstić information content (AvgIpc) is 2.87. The topological polar surface area (TPSA) is 183 Å². The lowest BCUT2D eigenvalue weighted by molar-refractivity contribution is -0.140. The first-order valence-corrected chi connectivity index (χ1v) is 14.2. The molecule has 14 heteroatoms. The molecule has 1 saturated heterocycles. The van der Waals surface area contributed by atoms with Crippen molar-refractivity contribution in [3.05, 3.63) is 0 Å². The average molecular weight is 573 g/mol. The second kappa shape index (κ2) is 21.0. The lowest BCUT2D eigenvalue weighted by Crippen LogP contribution is -2.49. The molecule has 1 rings (SSSR count). The van der Waals surface area contributed by atoms with Crippen LogP contribution < -0.4 is 10.6 Å². The van der Waals surface area contributed by atoms with Crippen LogP contribution in [0.1, 0.15) is 45.4 Å². The number of rotatable bonds is 17. The number of carbonyl (C=O) groups excluding carboxylic acids is 2. The summed E-state index contributed by atoms with van der Waals surface area (Å²) >= 11 is 0. The third-order valence-corrected chi connectivity index (χ3v) is 6.63. The van der Waals surface area contributed by atoms with Crippen LogP contribution >= 0.6 is 0 Å². The summed E-state index contributed by atoms with van der Waals surface area (Å²) in [6, 6.07) is 0. The molecule has 230 valence electrons. The zero-order chi connectivity index (χ0) is 29.8. The van der Waals surface area contributed by atoms with Gasteiger partial charge in [0.25, 0.3) is 0 Å². The fourth-order valence-corrected chi connectivity index (χ4v) is 4.35. The minimum atomic E-state index is -1.01. The molecule has 14 nitrogen and oxygen atoms in total. The molecule has 0 aliphatic carbocycles. The van der Waals surface area contributed by atoms with Crippen LogP contribution in [0, 0.1) is 0 Å². The van der Waals surface area contributed by atoms with Gasteiger partial charge in [-0.25, -0.2) is 0 Å². The van der Waals surface area contributed by atoms with E-state index in [1.165, 1.54) is 0 Å². The monoisotopic (exact) mass is 572 g/mol. The number of aliphatic carboxylic acids is 3. The molecule has 1 aliphatic heterocycles. The Morgan fingerprint density at radius 3 is 1.30 bits per heavy atom. The fraction of sp³-hybridized carbons (Fsp3) is 0.808. The van der Waals surface area contributed by atoms with Crippen molar-refractivity contribution < 1.29 is 39.3 Å². The lowest BCUT2D eigenvalue weighted by atomic mass is 10.2. The number of amides is 2. The van der Waals surface area contributed by atoms with Gasteiger partial charge in [0.2, 0.25) is 11.8 Å². The van der Waals surface area contributed by atoms with Gasteiger partial charge >= 0.3 is 17.9 Å². The Kier molecular flexibility index (Phi) is 18.5. The van der Waals surface area contributed by atoms with Gasteiger partial charge in [0.1, 0.15) is 0 Å². The first kappa shape index (κ1) is 35.2. The van der Waals surface area contributed by atoms with Crippen LogP contribution in [0.5, 0.6) is 0 Å². The standard InChI is InChI=1S/C26H48N6O8/c1-2-3-8-27-22(33)7-5-4-6-9-28-23(34)18-29-10-12-30(19-24(35)36)14-16-32(21-26(39)40)17-15-31(13-11-29)20-25(37)38/h2-21H2,1H3,(H,27,33)(H,28,34)(H,35,36)(H,37,38)(H,39,40). The molecule has 2 amide bonds. The number of nitrogens with one attached hydrogen (secondary N) is 2. The highest BCUT2D eigenvalue weighted by molar-refractivity contribution is 5.78. The number of hydrogen-bond donors (Lipinski definition) is 5. The van der Waals surface area contributed by atoms with Gasteiger partial charge in [-0.05, 0) is 19.3 Å². The van der Waals surface area contributed by atoms with E-state index in [-0.39, 0.29) is 38.0 Å². The van der Waals surface area contributed by atoms with Crippen molar-refractivity contribution in [3.8, 4) is 0 Å². The van der Waals surface area contributed by atoms with Crippen LogP contribution in [-0.2, 0) is 24.0 Å². The summed E-state index contributed by atoms with van der Waals surface area (Å²) in [5.74, 6) is -3.12. The van der Waals surface area contributed by atoms with Crippen molar-refractivity contribution in [2.24, 2.45) is 0 Å². The van der Waals surface area contributed by atoms with E-state index in [1.54, 1.807) is 14.7 Å². The molecule has 0 bridgehead atoms. The highest BCUT2D eigenvalue weighted by atomic mass is 16.4. The Morgan fingerprint density at radius 2 is 0.900 bits per heavy atom. The van der Waals surface area contributed by atoms with Crippen LogP contribution in [-0.4, -0.2) is 156 Å². The van der Waals surface area contributed by atoms with E-state index in [0.717, 1.165) is 32.1 Å². The number of nitrogens with zero attached hydrogens (tertiary/aromatic N) is 4. The second-order valence-electron chi connectivity index (χ2n) is 10.1. The van der Waals surface area contributed by atoms with Gasteiger partial charge in [-0.1, -0.05) is 19.8 Å². The first-order valence-electron chi connectivity index (χ1n) is 14.2. The lowest BCUT2D eigenvalue weighted by Gasteiger charge is -2.32. The summed E-state index contributed by atoms with van der Waals surface area (Å²) in [7, 11) is 0. The molecule has 0 atom stereocenters. The molecule has 1 fully saturated rings. The maximum atomic E-state index is 12.6. The van der Waals surface area contributed by atoms with Gasteiger partial charge in [-0.3, -0.25) is 43.6 Å². The fourth-order valence-electron chi connectivity index (χ4n) is 4.35. The summed E-state index contributed by atoms with van der Waals surface area (Å²) in [5.41, 5.74) is 0. The number of carbonyl (C=O) groups is 5. The molecule has 0 spiro atoms. The Hall–Kier alpha value is -2.81. The van der Waals surface area contributed by atoms with Crippen LogP contribution in [0.4, 0.5) is 0 Å². The SMILES string of the molecule is CCCCNC(=O)CCCCCNC(=O)CN1CCN(CC(=O)O)CCN(CC(=O)O)CCN(CC(=O)O)CC1. The van der Waals surface area contributed by atoms with E-state index in [2.05, 4.69) is 17.6 Å². The number of carboxylic acid groups (broad SMARTS) is 3. The Morgan fingerprint density at radius 1 is 0.525 bits per heavy atom. The zero-order valence-corrected chi connectivity index (χ0v) is 23.8. The van der Waals surface area contributed by atoms with E-state index in [9.17, 15) is 39.3 Å². The molecule has 0 aromatic carbocycles. The Labute approximate surface area is 236 Å². The van der Waals surface area contributed by atoms with Crippen LogP contribution in [0.3, 0.4) is 0 Å². The van der Waals surface area contributed by atoms with Crippen molar-refractivity contribution in [2.45, 2.75) is 45.4 Å². The van der Waals surface area contributed by atoms with Gasteiger partial charge in [-0.15, -0.1) is 0 Å². The highest BCUT2D eigenvalue weighted by Gasteiger charge is 2.21. The summed E-state index contributed by atoms with van der Waals surface area (Å²) < 4.78 is 0. The second-order valence-corrected chi connectivity index (χ2v) is 10.1. The molecular formula is C26H48N6O8. The van der Waals surface area contributed by atoms with Gasteiger partial charge in [0.15, 0.2) is 0 Å². The van der Waals surface area contributed by atoms with Crippen LogP contribution in [0.25, 0.3) is 0 Å². The maximum absolute atomic E-state index is 12.6. The molecule has 0 aromatic rings.